The Balaban J connectivity index is 5.23. The molecule has 1 N–H and O–H groups in total. The molecule has 446 valence electrons. The monoisotopic (exact) mass is 1100 g/mol. The molecule has 0 rings (SSSR count). The summed E-state index contributed by atoms with van der Waals surface area (Å²) in [6.45, 7) is 6.77. The molecule has 0 aromatic rings. The van der Waals surface area contributed by atoms with Gasteiger partial charge in [0.1, 0.15) is 19.3 Å². The molecular weight excluding hydrogens is 976 g/mol. The molecule has 10 heteroatoms. The van der Waals surface area contributed by atoms with Gasteiger partial charge >= 0.3 is 5.97 Å². The fourth-order valence-electron chi connectivity index (χ4n) is 8.83. The molecule has 0 fully saturated rings. The van der Waals surface area contributed by atoms with E-state index < -0.39 is 26.6 Å². The maximum Gasteiger partial charge on any atom is 0.306 e. The Morgan fingerprint density at radius 1 is 0.455 bits per heavy atom. The summed E-state index contributed by atoms with van der Waals surface area (Å²) in [7, 11) is 1.16. The van der Waals surface area contributed by atoms with Gasteiger partial charge in [-0.15, -0.1) is 0 Å². The van der Waals surface area contributed by atoms with E-state index >= 15 is 0 Å². The lowest BCUT2D eigenvalue weighted by Gasteiger charge is -2.30. The molecule has 0 aliphatic carbocycles. The number of carbonyl (C=O) groups excluding carboxylic acids is 2. The zero-order chi connectivity index (χ0) is 56.4. The summed E-state index contributed by atoms with van der Waals surface area (Å²) in [4.78, 5) is 40.0. The first-order chi connectivity index (χ1) is 37.4. The van der Waals surface area contributed by atoms with Gasteiger partial charge in [0.2, 0.25) is 5.91 Å². The number of allylic oxidation sites excluding steroid dienone is 13. The van der Waals surface area contributed by atoms with Gasteiger partial charge < -0.3 is 28.5 Å². The highest BCUT2D eigenvalue weighted by atomic mass is 31.2. The average Bonchev–Trinajstić information content (AvgIpc) is 3.39. The predicted molar refractivity (Wildman–Crippen MR) is 330 cm³/mol. The molecule has 3 unspecified atom stereocenters. The van der Waals surface area contributed by atoms with Gasteiger partial charge in [0.15, 0.2) is 0 Å². The molecule has 1 amide bonds. The number of nitrogens with zero attached hydrogens (tertiary/aromatic N) is 1. The summed E-state index contributed by atoms with van der Waals surface area (Å²) in [5.41, 5.74) is 0. The van der Waals surface area contributed by atoms with Gasteiger partial charge in [-0.05, 0) is 109 Å². The molecule has 0 spiro atoms. The fraction of sp³-hybridized carbons (Fsp3) is 0.761. The minimum Gasteiger partial charge on any atom is -0.756 e. The van der Waals surface area contributed by atoms with Crippen LogP contribution in [-0.4, -0.2) is 69.4 Å². The Hall–Kier alpha value is -2.81. The van der Waals surface area contributed by atoms with Crippen LogP contribution < -0.4 is 10.2 Å². The zero-order valence-electron chi connectivity index (χ0n) is 50.9. The molecule has 9 nitrogen and oxygen atoms in total. The number of amides is 1. The Labute approximate surface area is 476 Å². The van der Waals surface area contributed by atoms with Gasteiger partial charge in [-0.2, -0.15) is 0 Å². The van der Waals surface area contributed by atoms with Crippen LogP contribution in [-0.2, 0) is 27.9 Å². The van der Waals surface area contributed by atoms with Gasteiger partial charge in [0, 0.05) is 12.8 Å². The first-order valence-corrected chi connectivity index (χ1v) is 33.4. The minimum atomic E-state index is -4.71. The second-order valence-electron chi connectivity index (χ2n) is 22.6. The molecule has 0 aromatic carbocycles. The van der Waals surface area contributed by atoms with Crippen LogP contribution in [0.5, 0.6) is 0 Å². The van der Waals surface area contributed by atoms with Gasteiger partial charge in [0.25, 0.3) is 7.82 Å². The molecule has 0 bridgehead atoms. The van der Waals surface area contributed by atoms with Crippen molar-refractivity contribution in [3.05, 3.63) is 85.1 Å². The van der Waals surface area contributed by atoms with Crippen molar-refractivity contribution < 1.29 is 37.3 Å². The SMILES string of the molecule is CCCCC/C=C\C/C=C\C/C=C\CCCCCCCCCCC(=O)NC(COP(=O)([O-])OCC[N+](C)(C)C)C(/C=C/CCCCCCCCCCC)OC(=O)CCCCCCCC/C=C\C/C=C\C/C=C\CCCCC. The molecule has 0 aliphatic heterocycles. The van der Waals surface area contributed by atoms with Crippen molar-refractivity contribution in [1.82, 2.24) is 5.32 Å². The smallest absolute Gasteiger partial charge is 0.306 e. The van der Waals surface area contributed by atoms with Crippen LogP contribution in [0.3, 0.4) is 0 Å². The Bertz CT molecular complexity index is 1590. The number of carbonyl (C=O) groups is 2. The standard InChI is InChI=1S/C67H121N2O7P/c1-7-10-13-16-19-22-25-27-29-31-33-34-36-37-39-41-44-47-50-53-56-59-66(70)68-64(63-75-77(72,73)74-62-61-69(4,5)6)65(58-55-52-49-46-43-24-21-18-15-12-9-3)76-67(71)60-57-54-51-48-45-42-40-38-35-32-30-28-26-23-20-17-14-11-8-2/h19-20,22-23,27-30,33-35,38,55,58,64-65H,7-18,21,24-26,31-32,36-37,39-54,56-57,59-63H2,1-6H3,(H-,68,70,72,73)/b22-19-,23-20-,29-27-,30-28-,34-33-,38-35-,58-55+. The van der Waals surface area contributed by atoms with Crippen LogP contribution in [0, 0.1) is 0 Å². The Kier molecular flexibility index (Phi) is 54.4. The number of likely N-dealkylation sites (N-methyl/N-ethyl adjacent to an activating group) is 1. The van der Waals surface area contributed by atoms with E-state index in [4.69, 9.17) is 13.8 Å². The van der Waals surface area contributed by atoms with Crippen LogP contribution in [0.25, 0.3) is 0 Å². The minimum absolute atomic E-state index is 0.0295. The van der Waals surface area contributed by atoms with E-state index in [9.17, 15) is 19.0 Å². The fourth-order valence-corrected chi connectivity index (χ4v) is 9.55. The molecule has 0 radical (unpaired) electrons. The number of hydrogen-bond acceptors (Lipinski definition) is 7. The van der Waals surface area contributed by atoms with E-state index in [0.717, 1.165) is 109 Å². The molecule has 0 heterocycles. The van der Waals surface area contributed by atoms with Crippen LogP contribution in [0.1, 0.15) is 278 Å². The molecular formula is C67H121N2O7P. The van der Waals surface area contributed by atoms with Gasteiger partial charge in [0.05, 0.1) is 33.8 Å². The van der Waals surface area contributed by atoms with E-state index in [1.54, 1.807) is 0 Å². The number of unbranched alkanes of at least 4 members (excludes halogenated alkanes) is 29. The summed E-state index contributed by atoms with van der Waals surface area (Å²) in [6.07, 6.45) is 74.0. The third kappa shape index (κ3) is 57.7. The number of ether oxygens (including phenoxy) is 1. The van der Waals surface area contributed by atoms with E-state index in [0.29, 0.717) is 23.9 Å². The maximum absolute atomic E-state index is 13.5. The van der Waals surface area contributed by atoms with Crippen molar-refractivity contribution in [2.75, 3.05) is 40.9 Å². The van der Waals surface area contributed by atoms with E-state index in [1.807, 2.05) is 33.3 Å². The molecule has 0 aromatic heterocycles. The predicted octanol–water partition coefficient (Wildman–Crippen LogP) is 19.1. The Morgan fingerprint density at radius 3 is 1.21 bits per heavy atom. The van der Waals surface area contributed by atoms with E-state index in [-0.39, 0.29) is 24.9 Å². The average molecular weight is 1100 g/mol. The first-order valence-electron chi connectivity index (χ1n) is 31.9. The zero-order valence-corrected chi connectivity index (χ0v) is 51.8. The summed E-state index contributed by atoms with van der Waals surface area (Å²) in [5.74, 6) is -0.564. The van der Waals surface area contributed by atoms with E-state index in [2.05, 4.69) is 99.0 Å². The quantitative estimate of drug-likeness (QED) is 0.0212. The van der Waals surface area contributed by atoms with Crippen molar-refractivity contribution in [2.24, 2.45) is 0 Å². The third-order valence-corrected chi connectivity index (χ3v) is 14.8. The number of quaternary nitrogens is 1. The van der Waals surface area contributed by atoms with Crippen LogP contribution in [0.2, 0.25) is 0 Å². The van der Waals surface area contributed by atoms with Crippen molar-refractivity contribution in [3.8, 4) is 0 Å². The van der Waals surface area contributed by atoms with Crippen molar-refractivity contribution in [3.63, 3.8) is 0 Å². The molecule has 0 saturated heterocycles. The first kappa shape index (κ1) is 74.2. The molecule has 0 aliphatic rings. The second kappa shape index (κ2) is 56.5. The summed E-state index contributed by atoms with van der Waals surface area (Å²) < 4.78 is 30.3. The topological polar surface area (TPSA) is 114 Å². The van der Waals surface area contributed by atoms with Crippen LogP contribution >= 0.6 is 7.82 Å². The highest BCUT2D eigenvalue weighted by Crippen LogP contribution is 2.38. The van der Waals surface area contributed by atoms with Gasteiger partial charge in [-0.1, -0.05) is 241 Å². The number of phosphoric acid groups is 1. The van der Waals surface area contributed by atoms with Crippen molar-refractivity contribution in [2.45, 2.75) is 290 Å². The normalized spacial score (nSPS) is 14.2. The van der Waals surface area contributed by atoms with E-state index in [1.165, 1.54) is 128 Å². The second-order valence-corrected chi connectivity index (χ2v) is 24.0. The van der Waals surface area contributed by atoms with Crippen molar-refractivity contribution in [1.29, 1.82) is 0 Å². The number of hydrogen-bond donors (Lipinski definition) is 1. The van der Waals surface area contributed by atoms with Crippen LogP contribution in [0.15, 0.2) is 85.1 Å². The largest absolute Gasteiger partial charge is 0.756 e. The molecule has 3 atom stereocenters. The summed E-state index contributed by atoms with van der Waals surface area (Å²) in [6, 6.07) is -0.902. The highest BCUT2D eigenvalue weighted by molar-refractivity contribution is 7.45. The van der Waals surface area contributed by atoms with Crippen LogP contribution in [0.4, 0.5) is 0 Å². The van der Waals surface area contributed by atoms with Gasteiger partial charge in [-0.25, -0.2) is 0 Å². The Morgan fingerprint density at radius 2 is 0.792 bits per heavy atom. The highest BCUT2D eigenvalue weighted by Gasteiger charge is 2.27. The lowest BCUT2D eigenvalue weighted by Crippen LogP contribution is -2.47. The number of rotatable bonds is 57. The molecule has 77 heavy (non-hydrogen) atoms. The third-order valence-electron chi connectivity index (χ3n) is 13.8. The van der Waals surface area contributed by atoms with Crippen molar-refractivity contribution >= 4 is 19.7 Å². The summed E-state index contributed by atoms with van der Waals surface area (Å²) in [5, 5.41) is 3.02. The maximum atomic E-state index is 13.5. The lowest BCUT2D eigenvalue weighted by molar-refractivity contribution is -0.870. The summed E-state index contributed by atoms with van der Waals surface area (Å²) >= 11 is 0. The van der Waals surface area contributed by atoms with Gasteiger partial charge in [-0.3, -0.25) is 14.2 Å². The lowest BCUT2D eigenvalue weighted by atomic mass is 10.0. The number of nitrogens with one attached hydrogen (secondary N) is 1. The number of phosphoric ester groups is 1. The molecule has 0 saturated carbocycles. The number of esters is 1.